The smallest absolute Gasteiger partial charge is 0.234 e. The lowest BCUT2D eigenvalue weighted by molar-refractivity contribution is -0.121. The van der Waals surface area contributed by atoms with Crippen molar-refractivity contribution in [1.82, 2.24) is 25.8 Å². The van der Waals surface area contributed by atoms with Gasteiger partial charge in [-0.3, -0.25) is 9.89 Å². The topological polar surface area (TPSA) is 82.7 Å². The quantitative estimate of drug-likeness (QED) is 0.691. The second-order valence-corrected chi connectivity index (χ2v) is 4.76. The summed E-state index contributed by atoms with van der Waals surface area (Å²) in [6.45, 7) is 8.19. The van der Waals surface area contributed by atoms with E-state index < -0.39 is 0 Å². The fourth-order valence-corrected chi connectivity index (χ4v) is 1.13. The lowest BCUT2D eigenvalue weighted by atomic mass is 10.1. The van der Waals surface area contributed by atoms with Crippen LogP contribution in [0.3, 0.4) is 0 Å². The van der Waals surface area contributed by atoms with Crippen molar-refractivity contribution >= 4 is 5.91 Å². The predicted molar refractivity (Wildman–Crippen MR) is 60.7 cm³/mol. The first-order chi connectivity index (χ1) is 7.38. The van der Waals surface area contributed by atoms with Crippen molar-refractivity contribution in [3.8, 4) is 0 Å². The largest absolute Gasteiger partial charge is 0.345 e. The summed E-state index contributed by atoms with van der Waals surface area (Å²) in [7, 11) is 0. The molecule has 1 heterocycles. The minimum absolute atomic E-state index is 0.0566. The van der Waals surface area contributed by atoms with Gasteiger partial charge >= 0.3 is 0 Å². The molecule has 16 heavy (non-hydrogen) atoms. The fourth-order valence-electron chi connectivity index (χ4n) is 1.13. The fraction of sp³-hybridized carbons (Fsp3) is 0.700. The van der Waals surface area contributed by atoms with Gasteiger partial charge in [0.2, 0.25) is 5.91 Å². The molecule has 1 rings (SSSR count). The zero-order valence-corrected chi connectivity index (χ0v) is 10.2. The third kappa shape index (κ3) is 4.39. The Labute approximate surface area is 95.2 Å². The molecule has 0 radical (unpaired) electrons. The van der Waals surface area contributed by atoms with Gasteiger partial charge in [-0.1, -0.05) is 0 Å². The van der Waals surface area contributed by atoms with Gasteiger partial charge < -0.3 is 10.6 Å². The first kappa shape index (κ1) is 12.6. The monoisotopic (exact) mass is 225 g/mol. The highest BCUT2D eigenvalue weighted by atomic mass is 16.2. The van der Waals surface area contributed by atoms with Gasteiger partial charge in [-0.15, -0.1) is 0 Å². The van der Waals surface area contributed by atoms with E-state index in [1.54, 1.807) is 0 Å². The van der Waals surface area contributed by atoms with Crippen LogP contribution in [0.25, 0.3) is 0 Å². The SMILES string of the molecule is CC(NC(=O)CNC(C)(C)C)c1ncn[nH]1. The van der Waals surface area contributed by atoms with Gasteiger partial charge in [0.15, 0.2) is 0 Å². The van der Waals surface area contributed by atoms with E-state index in [0.717, 1.165) is 0 Å². The molecule has 0 aromatic carbocycles. The second kappa shape index (κ2) is 5.07. The molecule has 0 aliphatic rings. The average molecular weight is 225 g/mol. The van der Waals surface area contributed by atoms with E-state index in [2.05, 4.69) is 25.8 Å². The molecule has 6 nitrogen and oxygen atoms in total. The van der Waals surface area contributed by atoms with Crippen LogP contribution in [0.15, 0.2) is 6.33 Å². The van der Waals surface area contributed by atoms with Crippen LogP contribution in [0, 0.1) is 0 Å². The van der Waals surface area contributed by atoms with Crippen LogP contribution in [0.1, 0.15) is 39.6 Å². The van der Waals surface area contributed by atoms with Crippen molar-refractivity contribution in [3.63, 3.8) is 0 Å². The zero-order valence-electron chi connectivity index (χ0n) is 10.2. The Kier molecular flexibility index (Phi) is 4.00. The third-order valence-corrected chi connectivity index (χ3v) is 2.00. The standard InChI is InChI=1S/C10H19N5O/c1-7(9-11-6-13-15-9)14-8(16)5-12-10(2,3)4/h6-7,12H,5H2,1-4H3,(H,14,16)(H,11,13,15). The molecule has 1 aromatic heterocycles. The third-order valence-electron chi connectivity index (χ3n) is 2.00. The molecule has 0 fully saturated rings. The Morgan fingerprint density at radius 1 is 1.56 bits per heavy atom. The van der Waals surface area contributed by atoms with Crippen LogP contribution in [-0.2, 0) is 4.79 Å². The summed E-state index contributed by atoms with van der Waals surface area (Å²) in [6.07, 6.45) is 1.42. The lowest BCUT2D eigenvalue weighted by Crippen LogP contribution is -2.43. The summed E-state index contributed by atoms with van der Waals surface area (Å²) in [5.41, 5.74) is -0.0627. The van der Waals surface area contributed by atoms with Gasteiger partial charge in [0, 0.05) is 5.54 Å². The molecule has 0 aliphatic carbocycles. The number of nitrogens with one attached hydrogen (secondary N) is 3. The maximum absolute atomic E-state index is 11.6. The van der Waals surface area contributed by atoms with E-state index in [0.29, 0.717) is 12.4 Å². The van der Waals surface area contributed by atoms with Crippen LogP contribution in [0.4, 0.5) is 0 Å². The number of H-pyrrole nitrogens is 1. The van der Waals surface area contributed by atoms with E-state index >= 15 is 0 Å². The number of hydrogen-bond acceptors (Lipinski definition) is 4. The van der Waals surface area contributed by atoms with Gasteiger partial charge in [-0.25, -0.2) is 4.98 Å². The lowest BCUT2D eigenvalue weighted by Gasteiger charge is -2.20. The summed E-state index contributed by atoms with van der Waals surface area (Å²) >= 11 is 0. The molecule has 0 aliphatic heterocycles. The zero-order chi connectivity index (χ0) is 12.2. The van der Waals surface area contributed by atoms with Crippen molar-refractivity contribution in [2.45, 2.75) is 39.3 Å². The minimum atomic E-state index is -0.156. The predicted octanol–water partition coefficient (Wildman–Crippen LogP) is 0.370. The number of hydrogen-bond donors (Lipinski definition) is 3. The van der Waals surface area contributed by atoms with Crippen molar-refractivity contribution < 1.29 is 4.79 Å². The number of aromatic amines is 1. The maximum Gasteiger partial charge on any atom is 0.234 e. The van der Waals surface area contributed by atoms with E-state index in [9.17, 15) is 4.79 Å². The van der Waals surface area contributed by atoms with E-state index in [-0.39, 0.29) is 17.5 Å². The molecule has 0 saturated carbocycles. The number of aromatic nitrogens is 3. The Balaban J connectivity index is 2.35. The minimum Gasteiger partial charge on any atom is -0.345 e. The summed E-state index contributed by atoms with van der Waals surface area (Å²) in [4.78, 5) is 15.5. The Bertz CT molecular complexity index is 327. The summed E-state index contributed by atoms with van der Waals surface area (Å²) in [5.74, 6) is 0.600. The molecule has 1 amide bonds. The number of carbonyl (C=O) groups excluding carboxylic acids is 1. The van der Waals surface area contributed by atoms with Crippen molar-refractivity contribution in [2.24, 2.45) is 0 Å². The molecule has 6 heteroatoms. The van der Waals surface area contributed by atoms with Gasteiger partial charge in [-0.2, -0.15) is 5.10 Å². The van der Waals surface area contributed by atoms with Crippen LogP contribution >= 0.6 is 0 Å². The van der Waals surface area contributed by atoms with Gasteiger partial charge in [0.05, 0.1) is 12.6 Å². The average Bonchev–Trinajstić information content (AvgIpc) is 2.66. The summed E-state index contributed by atoms with van der Waals surface area (Å²) < 4.78 is 0. The van der Waals surface area contributed by atoms with E-state index in [1.165, 1.54) is 6.33 Å². The van der Waals surface area contributed by atoms with Crippen LogP contribution in [-0.4, -0.2) is 33.2 Å². The van der Waals surface area contributed by atoms with Crippen LogP contribution in [0.5, 0.6) is 0 Å². The molecule has 1 atom stereocenters. The van der Waals surface area contributed by atoms with Crippen molar-refractivity contribution in [1.29, 1.82) is 0 Å². The van der Waals surface area contributed by atoms with Gasteiger partial charge in [-0.05, 0) is 27.7 Å². The van der Waals surface area contributed by atoms with Gasteiger partial charge in [0.1, 0.15) is 12.2 Å². The van der Waals surface area contributed by atoms with E-state index in [4.69, 9.17) is 0 Å². The number of nitrogens with zero attached hydrogens (tertiary/aromatic N) is 2. The Morgan fingerprint density at radius 2 is 2.25 bits per heavy atom. The number of rotatable bonds is 4. The molecule has 3 N–H and O–H groups in total. The number of carbonyl (C=O) groups is 1. The maximum atomic E-state index is 11.6. The summed E-state index contributed by atoms with van der Waals surface area (Å²) in [5, 5.41) is 12.4. The Morgan fingerprint density at radius 3 is 2.75 bits per heavy atom. The van der Waals surface area contributed by atoms with Gasteiger partial charge in [0.25, 0.3) is 0 Å². The van der Waals surface area contributed by atoms with Crippen molar-refractivity contribution in [2.75, 3.05) is 6.54 Å². The molecule has 1 aromatic rings. The van der Waals surface area contributed by atoms with E-state index in [1.807, 2.05) is 27.7 Å². The van der Waals surface area contributed by atoms with Crippen molar-refractivity contribution in [3.05, 3.63) is 12.2 Å². The summed E-state index contributed by atoms with van der Waals surface area (Å²) in [6, 6.07) is -0.156. The molecular weight excluding hydrogens is 206 g/mol. The first-order valence-corrected chi connectivity index (χ1v) is 5.28. The Hall–Kier alpha value is -1.43. The molecule has 0 bridgehead atoms. The molecule has 1 unspecified atom stereocenters. The highest BCUT2D eigenvalue weighted by molar-refractivity contribution is 5.78. The molecule has 0 spiro atoms. The molecule has 0 saturated heterocycles. The number of amides is 1. The van der Waals surface area contributed by atoms with Crippen LogP contribution in [0.2, 0.25) is 0 Å². The highest BCUT2D eigenvalue weighted by Crippen LogP contribution is 2.03. The molecular formula is C10H19N5O. The molecule has 90 valence electrons. The second-order valence-electron chi connectivity index (χ2n) is 4.76. The highest BCUT2D eigenvalue weighted by Gasteiger charge is 2.14. The van der Waals surface area contributed by atoms with Crippen LogP contribution < -0.4 is 10.6 Å². The normalized spacial score (nSPS) is 13.5. The first-order valence-electron chi connectivity index (χ1n) is 5.28.